The number of carbonyl (C=O) groups is 1. The lowest BCUT2D eigenvalue weighted by Crippen LogP contribution is -2.31. The Morgan fingerprint density at radius 3 is 2.68 bits per heavy atom. The Morgan fingerprint density at radius 2 is 1.96 bits per heavy atom. The molecule has 2 aromatic heterocycles. The van der Waals surface area contributed by atoms with Gasteiger partial charge in [0.25, 0.3) is 0 Å². The van der Waals surface area contributed by atoms with E-state index < -0.39 is 5.95 Å². The molecular formula is C19H20Cl2FN5O. The number of H-pyrrole nitrogens is 1. The lowest BCUT2D eigenvalue weighted by atomic mass is 10.2. The zero-order valence-electron chi connectivity index (χ0n) is 15.3. The number of pyridine rings is 1. The molecule has 0 spiro atoms. The second-order valence-corrected chi connectivity index (χ2v) is 7.19. The van der Waals surface area contributed by atoms with Crippen molar-refractivity contribution in [1.29, 1.82) is 0 Å². The molecule has 3 rings (SSSR count). The van der Waals surface area contributed by atoms with Crippen molar-refractivity contribution in [3.05, 3.63) is 51.9 Å². The fraction of sp³-hybridized carbons (Fsp3) is 0.316. The van der Waals surface area contributed by atoms with Gasteiger partial charge in [-0.3, -0.25) is 4.79 Å². The van der Waals surface area contributed by atoms with Crippen LogP contribution >= 0.6 is 23.2 Å². The summed E-state index contributed by atoms with van der Waals surface area (Å²) in [6.07, 6.45) is 1.13. The second-order valence-electron chi connectivity index (χ2n) is 6.32. The molecule has 28 heavy (non-hydrogen) atoms. The number of anilines is 1. The van der Waals surface area contributed by atoms with Crippen LogP contribution in [0.2, 0.25) is 10.0 Å². The van der Waals surface area contributed by atoms with Crippen molar-refractivity contribution in [2.75, 3.05) is 18.4 Å². The predicted octanol–water partition coefficient (Wildman–Crippen LogP) is 4.64. The molecule has 0 atom stereocenters. The fourth-order valence-electron chi connectivity index (χ4n) is 2.87. The van der Waals surface area contributed by atoms with E-state index in [2.05, 4.69) is 20.3 Å². The molecule has 1 aromatic carbocycles. The standard InChI is InChI=1S/C19H20Cl2FN5O/c1-2-17(28)27(11-12-8-13(20)10-14(21)9-12)7-3-6-23-19-24-15-4-5-16(22)25-18(15)26-19/h4-5,8-10H,2-3,6-7,11H2,1H3,(H2,23,24,25,26). The number of nitrogens with zero attached hydrogens (tertiary/aromatic N) is 3. The number of imidazole rings is 1. The second kappa shape index (κ2) is 9.21. The van der Waals surface area contributed by atoms with Crippen molar-refractivity contribution in [3.8, 4) is 0 Å². The van der Waals surface area contributed by atoms with Crippen molar-refractivity contribution >= 4 is 46.2 Å². The average Bonchev–Trinajstić information content (AvgIpc) is 3.04. The lowest BCUT2D eigenvalue weighted by molar-refractivity contribution is -0.131. The Balaban J connectivity index is 1.56. The van der Waals surface area contributed by atoms with E-state index in [0.717, 1.165) is 5.56 Å². The third-order valence-corrected chi connectivity index (χ3v) is 4.60. The number of rotatable bonds is 8. The van der Waals surface area contributed by atoms with Crippen molar-refractivity contribution in [2.45, 2.75) is 26.3 Å². The average molecular weight is 424 g/mol. The van der Waals surface area contributed by atoms with Crippen molar-refractivity contribution in [1.82, 2.24) is 19.9 Å². The van der Waals surface area contributed by atoms with Crippen LogP contribution in [-0.4, -0.2) is 38.8 Å². The molecule has 0 fully saturated rings. The SMILES string of the molecule is CCC(=O)N(CCCNc1nc2nc(F)ccc2[nH]1)Cc1cc(Cl)cc(Cl)c1. The Hall–Kier alpha value is -2.38. The summed E-state index contributed by atoms with van der Waals surface area (Å²) in [6, 6.07) is 8.15. The fourth-order valence-corrected chi connectivity index (χ4v) is 3.44. The molecule has 0 saturated carbocycles. The van der Waals surface area contributed by atoms with E-state index in [1.165, 1.54) is 6.07 Å². The van der Waals surface area contributed by atoms with Crippen LogP contribution in [0.3, 0.4) is 0 Å². The Labute approximate surface area is 172 Å². The van der Waals surface area contributed by atoms with Crippen LogP contribution < -0.4 is 5.32 Å². The number of benzene rings is 1. The van der Waals surface area contributed by atoms with Crippen molar-refractivity contribution in [3.63, 3.8) is 0 Å². The van der Waals surface area contributed by atoms with Crippen LogP contribution in [0.4, 0.5) is 10.3 Å². The number of carbonyl (C=O) groups excluding carboxylic acids is 1. The molecule has 1 amide bonds. The van der Waals surface area contributed by atoms with E-state index in [1.54, 1.807) is 17.0 Å². The van der Waals surface area contributed by atoms with Gasteiger partial charge in [-0.15, -0.1) is 0 Å². The van der Waals surface area contributed by atoms with Gasteiger partial charge in [0.2, 0.25) is 17.8 Å². The zero-order chi connectivity index (χ0) is 20.1. The molecule has 0 aliphatic carbocycles. The first-order chi connectivity index (χ1) is 13.4. The van der Waals surface area contributed by atoms with Crippen LogP contribution in [0.5, 0.6) is 0 Å². The maximum atomic E-state index is 13.1. The normalized spacial score (nSPS) is 11.0. The zero-order valence-corrected chi connectivity index (χ0v) is 16.8. The van der Waals surface area contributed by atoms with Crippen LogP contribution in [0.1, 0.15) is 25.3 Å². The highest BCUT2D eigenvalue weighted by Crippen LogP contribution is 2.20. The van der Waals surface area contributed by atoms with Crippen LogP contribution in [0.15, 0.2) is 30.3 Å². The minimum atomic E-state index is -0.569. The van der Waals surface area contributed by atoms with Gasteiger partial charge in [0.15, 0.2) is 5.65 Å². The topological polar surface area (TPSA) is 73.9 Å². The van der Waals surface area contributed by atoms with Gasteiger partial charge in [0.05, 0.1) is 5.52 Å². The highest BCUT2D eigenvalue weighted by Gasteiger charge is 2.13. The first kappa shape index (κ1) is 20.4. The maximum absolute atomic E-state index is 13.1. The molecule has 0 bridgehead atoms. The molecule has 2 heterocycles. The summed E-state index contributed by atoms with van der Waals surface area (Å²) in [5.74, 6) is 0.00277. The maximum Gasteiger partial charge on any atom is 0.222 e. The van der Waals surface area contributed by atoms with Gasteiger partial charge in [-0.05, 0) is 42.3 Å². The largest absolute Gasteiger partial charge is 0.356 e. The summed E-state index contributed by atoms with van der Waals surface area (Å²) in [6.45, 7) is 3.43. The van der Waals surface area contributed by atoms with Gasteiger partial charge in [-0.25, -0.2) is 0 Å². The highest BCUT2D eigenvalue weighted by molar-refractivity contribution is 6.34. The monoisotopic (exact) mass is 423 g/mol. The number of fused-ring (bicyclic) bond motifs is 1. The van der Waals surface area contributed by atoms with Crippen LogP contribution in [-0.2, 0) is 11.3 Å². The lowest BCUT2D eigenvalue weighted by Gasteiger charge is -2.22. The summed E-state index contributed by atoms with van der Waals surface area (Å²) >= 11 is 12.1. The number of hydrogen-bond acceptors (Lipinski definition) is 4. The summed E-state index contributed by atoms with van der Waals surface area (Å²) in [5, 5.41) is 4.23. The van der Waals surface area contributed by atoms with E-state index in [4.69, 9.17) is 23.2 Å². The smallest absolute Gasteiger partial charge is 0.222 e. The van der Waals surface area contributed by atoms with Gasteiger partial charge in [0, 0.05) is 36.1 Å². The molecule has 0 aliphatic heterocycles. The van der Waals surface area contributed by atoms with Gasteiger partial charge in [0.1, 0.15) is 0 Å². The number of halogens is 3. The van der Waals surface area contributed by atoms with Crippen molar-refractivity contribution in [2.24, 2.45) is 0 Å². The minimum Gasteiger partial charge on any atom is -0.356 e. The van der Waals surface area contributed by atoms with Gasteiger partial charge in [-0.1, -0.05) is 30.1 Å². The van der Waals surface area contributed by atoms with Gasteiger partial charge < -0.3 is 15.2 Å². The van der Waals surface area contributed by atoms with Crippen LogP contribution in [0, 0.1) is 5.95 Å². The minimum absolute atomic E-state index is 0.0551. The molecule has 0 unspecified atom stereocenters. The summed E-state index contributed by atoms with van der Waals surface area (Å²) in [4.78, 5) is 25.0. The van der Waals surface area contributed by atoms with Gasteiger partial charge >= 0.3 is 0 Å². The number of aromatic amines is 1. The predicted molar refractivity (Wildman–Crippen MR) is 109 cm³/mol. The van der Waals surface area contributed by atoms with E-state index >= 15 is 0 Å². The molecule has 2 N–H and O–H groups in total. The molecule has 6 nitrogen and oxygen atoms in total. The van der Waals surface area contributed by atoms with Crippen LogP contribution in [0.25, 0.3) is 11.2 Å². The van der Waals surface area contributed by atoms with E-state index in [-0.39, 0.29) is 5.91 Å². The summed E-state index contributed by atoms with van der Waals surface area (Å²) in [5.41, 5.74) is 1.87. The van der Waals surface area contributed by atoms with E-state index in [0.29, 0.717) is 59.6 Å². The summed E-state index contributed by atoms with van der Waals surface area (Å²) < 4.78 is 13.1. The number of hydrogen-bond donors (Lipinski definition) is 2. The van der Waals surface area contributed by atoms with Gasteiger partial charge in [-0.2, -0.15) is 14.4 Å². The molecule has 148 valence electrons. The van der Waals surface area contributed by atoms with Crippen molar-refractivity contribution < 1.29 is 9.18 Å². The summed E-state index contributed by atoms with van der Waals surface area (Å²) in [7, 11) is 0. The third-order valence-electron chi connectivity index (χ3n) is 4.16. The number of nitrogens with one attached hydrogen (secondary N) is 2. The molecule has 0 saturated heterocycles. The van der Waals surface area contributed by atoms with E-state index in [1.807, 2.05) is 19.1 Å². The first-order valence-corrected chi connectivity index (χ1v) is 9.69. The quantitative estimate of drug-likeness (QED) is 0.408. The Morgan fingerprint density at radius 1 is 1.21 bits per heavy atom. The van der Waals surface area contributed by atoms with E-state index in [9.17, 15) is 9.18 Å². The Bertz CT molecular complexity index is 958. The first-order valence-electron chi connectivity index (χ1n) is 8.93. The molecule has 9 heteroatoms. The molecule has 3 aromatic rings. The highest BCUT2D eigenvalue weighted by atomic mass is 35.5. The Kier molecular flexibility index (Phi) is 6.70. The number of aromatic nitrogens is 3. The molecule has 0 radical (unpaired) electrons. The molecular weight excluding hydrogens is 404 g/mol. The number of amides is 1. The third kappa shape index (κ3) is 5.33. The molecule has 0 aliphatic rings.